The summed E-state index contributed by atoms with van der Waals surface area (Å²) in [6.07, 6.45) is 4.27. The molecular weight excluding hydrogens is 334 g/mol. The molecular formula is C20H24ClN3O. The van der Waals surface area contributed by atoms with Gasteiger partial charge in [0.25, 0.3) is 0 Å². The molecule has 4 nitrogen and oxygen atoms in total. The molecule has 2 aromatic rings. The molecule has 1 aliphatic heterocycles. The molecule has 0 aliphatic carbocycles. The van der Waals surface area contributed by atoms with E-state index in [9.17, 15) is 4.79 Å². The van der Waals surface area contributed by atoms with E-state index in [1.807, 2.05) is 36.4 Å². The van der Waals surface area contributed by atoms with E-state index < -0.39 is 0 Å². The summed E-state index contributed by atoms with van der Waals surface area (Å²) in [7, 11) is 0. The summed E-state index contributed by atoms with van der Waals surface area (Å²) in [4.78, 5) is 14.5. The van der Waals surface area contributed by atoms with E-state index in [1.54, 1.807) is 0 Å². The van der Waals surface area contributed by atoms with Gasteiger partial charge in [0.1, 0.15) is 0 Å². The molecule has 3 rings (SSSR count). The van der Waals surface area contributed by atoms with Crippen LogP contribution < -0.4 is 15.5 Å². The number of hydrogen-bond acceptors (Lipinski definition) is 3. The van der Waals surface area contributed by atoms with Crippen LogP contribution in [0.25, 0.3) is 0 Å². The largest absolute Gasteiger partial charge is 0.385 e. The third-order valence-electron chi connectivity index (χ3n) is 4.40. The third-order valence-corrected chi connectivity index (χ3v) is 4.65. The van der Waals surface area contributed by atoms with E-state index in [0.717, 1.165) is 24.5 Å². The monoisotopic (exact) mass is 357 g/mol. The fourth-order valence-corrected chi connectivity index (χ4v) is 3.15. The van der Waals surface area contributed by atoms with Crippen molar-refractivity contribution in [3.05, 3.63) is 53.6 Å². The Kier molecular flexibility index (Phi) is 6.18. The smallest absolute Gasteiger partial charge is 0.226 e. The fraction of sp³-hybridized carbons (Fsp3) is 0.350. The first kappa shape index (κ1) is 17.6. The molecule has 0 saturated carbocycles. The molecule has 1 heterocycles. The van der Waals surface area contributed by atoms with E-state index in [0.29, 0.717) is 18.0 Å². The van der Waals surface area contributed by atoms with Crippen LogP contribution in [0.1, 0.15) is 25.7 Å². The Balaban J connectivity index is 1.43. The minimum atomic E-state index is 0.00665. The summed E-state index contributed by atoms with van der Waals surface area (Å²) in [6.45, 7) is 2.84. The Hall–Kier alpha value is -2.20. The zero-order valence-electron chi connectivity index (χ0n) is 14.3. The van der Waals surface area contributed by atoms with Crippen LogP contribution in [0.4, 0.5) is 17.1 Å². The van der Waals surface area contributed by atoms with Gasteiger partial charge in [-0.05, 0) is 67.8 Å². The first-order chi connectivity index (χ1) is 12.2. The molecule has 0 unspecified atom stereocenters. The van der Waals surface area contributed by atoms with Crippen molar-refractivity contribution in [3.63, 3.8) is 0 Å². The van der Waals surface area contributed by atoms with Crippen molar-refractivity contribution < 1.29 is 4.79 Å². The highest BCUT2D eigenvalue weighted by Crippen LogP contribution is 2.22. The van der Waals surface area contributed by atoms with E-state index in [4.69, 9.17) is 11.6 Å². The molecule has 2 aromatic carbocycles. The van der Waals surface area contributed by atoms with Crippen molar-refractivity contribution in [2.24, 2.45) is 0 Å². The Morgan fingerprint density at radius 1 is 0.920 bits per heavy atom. The van der Waals surface area contributed by atoms with Gasteiger partial charge in [0.2, 0.25) is 5.91 Å². The summed E-state index contributed by atoms with van der Waals surface area (Å²) in [5.41, 5.74) is 3.04. The van der Waals surface area contributed by atoms with Gasteiger partial charge in [-0.15, -0.1) is 0 Å². The molecule has 1 fully saturated rings. The van der Waals surface area contributed by atoms with Gasteiger partial charge in [-0.1, -0.05) is 11.6 Å². The summed E-state index contributed by atoms with van der Waals surface area (Å²) in [5.74, 6) is 0.00665. The number of benzene rings is 2. The molecule has 2 N–H and O–H groups in total. The summed E-state index contributed by atoms with van der Waals surface area (Å²) in [5, 5.41) is 6.87. The average Bonchev–Trinajstić information content (AvgIpc) is 2.65. The Morgan fingerprint density at radius 2 is 1.56 bits per heavy atom. The van der Waals surface area contributed by atoms with Gasteiger partial charge in [0.05, 0.1) is 0 Å². The van der Waals surface area contributed by atoms with Gasteiger partial charge in [-0.25, -0.2) is 0 Å². The molecule has 132 valence electrons. The van der Waals surface area contributed by atoms with Gasteiger partial charge in [0, 0.05) is 48.1 Å². The lowest BCUT2D eigenvalue weighted by atomic mass is 10.1. The number of amides is 1. The van der Waals surface area contributed by atoms with Crippen LogP contribution in [0, 0.1) is 0 Å². The van der Waals surface area contributed by atoms with E-state index in [2.05, 4.69) is 27.7 Å². The van der Waals surface area contributed by atoms with E-state index >= 15 is 0 Å². The van der Waals surface area contributed by atoms with Crippen molar-refractivity contribution in [1.29, 1.82) is 0 Å². The van der Waals surface area contributed by atoms with Crippen LogP contribution >= 0.6 is 11.6 Å². The molecule has 0 atom stereocenters. The number of carbonyl (C=O) groups is 1. The molecule has 1 saturated heterocycles. The van der Waals surface area contributed by atoms with Gasteiger partial charge in [-0.2, -0.15) is 0 Å². The summed E-state index contributed by atoms with van der Waals surface area (Å²) < 4.78 is 0. The maximum absolute atomic E-state index is 12.1. The standard InChI is InChI=1S/C20H24ClN3O/c21-16-4-6-17(7-5-16)22-13-12-20(25)23-18-8-10-19(11-9-18)24-14-2-1-3-15-24/h4-11,22H,1-3,12-15H2,(H,23,25). The van der Waals surface area contributed by atoms with Gasteiger partial charge in [-0.3, -0.25) is 4.79 Å². The lowest BCUT2D eigenvalue weighted by molar-refractivity contribution is -0.115. The van der Waals surface area contributed by atoms with Crippen LogP contribution in [0.3, 0.4) is 0 Å². The minimum Gasteiger partial charge on any atom is -0.385 e. The zero-order valence-corrected chi connectivity index (χ0v) is 15.1. The molecule has 1 aliphatic rings. The lowest BCUT2D eigenvalue weighted by Crippen LogP contribution is -2.29. The second-order valence-corrected chi connectivity index (χ2v) is 6.76. The molecule has 0 spiro atoms. The van der Waals surface area contributed by atoms with Gasteiger partial charge < -0.3 is 15.5 Å². The number of nitrogens with zero attached hydrogens (tertiary/aromatic N) is 1. The highest BCUT2D eigenvalue weighted by atomic mass is 35.5. The minimum absolute atomic E-state index is 0.00665. The van der Waals surface area contributed by atoms with Crippen LogP contribution in [-0.4, -0.2) is 25.5 Å². The zero-order chi connectivity index (χ0) is 17.5. The number of rotatable bonds is 6. The van der Waals surface area contributed by atoms with Crippen molar-refractivity contribution in [1.82, 2.24) is 0 Å². The average molecular weight is 358 g/mol. The van der Waals surface area contributed by atoms with E-state index in [-0.39, 0.29) is 5.91 Å². The molecule has 0 bridgehead atoms. The number of halogens is 1. The van der Waals surface area contributed by atoms with Crippen molar-refractivity contribution in [3.8, 4) is 0 Å². The number of hydrogen-bond donors (Lipinski definition) is 2. The number of anilines is 3. The van der Waals surface area contributed by atoms with Crippen molar-refractivity contribution in [2.75, 3.05) is 35.2 Å². The quantitative estimate of drug-likeness (QED) is 0.782. The topological polar surface area (TPSA) is 44.4 Å². The summed E-state index contributed by atoms with van der Waals surface area (Å²) in [6, 6.07) is 15.6. The fourth-order valence-electron chi connectivity index (χ4n) is 3.02. The van der Waals surface area contributed by atoms with Gasteiger partial charge >= 0.3 is 0 Å². The first-order valence-electron chi connectivity index (χ1n) is 8.85. The van der Waals surface area contributed by atoms with Crippen LogP contribution in [0.15, 0.2) is 48.5 Å². The predicted molar refractivity (Wildman–Crippen MR) is 106 cm³/mol. The Morgan fingerprint density at radius 3 is 2.24 bits per heavy atom. The molecule has 5 heteroatoms. The highest BCUT2D eigenvalue weighted by Gasteiger charge is 2.10. The number of nitrogens with one attached hydrogen (secondary N) is 2. The summed E-state index contributed by atoms with van der Waals surface area (Å²) >= 11 is 5.85. The Labute approximate surface area is 154 Å². The maximum atomic E-state index is 12.1. The van der Waals surface area contributed by atoms with E-state index in [1.165, 1.54) is 24.9 Å². The Bertz CT molecular complexity index is 679. The number of carbonyl (C=O) groups excluding carboxylic acids is 1. The molecule has 0 radical (unpaired) electrons. The van der Waals surface area contributed by atoms with Crippen molar-refractivity contribution >= 4 is 34.6 Å². The highest BCUT2D eigenvalue weighted by molar-refractivity contribution is 6.30. The number of piperidine rings is 1. The predicted octanol–water partition coefficient (Wildman–Crippen LogP) is 4.77. The molecule has 0 aromatic heterocycles. The SMILES string of the molecule is O=C(CCNc1ccc(Cl)cc1)Nc1ccc(N2CCCCC2)cc1. The molecule has 25 heavy (non-hydrogen) atoms. The lowest BCUT2D eigenvalue weighted by Gasteiger charge is -2.28. The normalized spacial score (nSPS) is 14.2. The second-order valence-electron chi connectivity index (χ2n) is 6.33. The van der Waals surface area contributed by atoms with Crippen molar-refractivity contribution in [2.45, 2.75) is 25.7 Å². The maximum Gasteiger partial charge on any atom is 0.226 e. The van der Waals surface area contributed by atoms with Crippen LogP contribution in [0.5, 0.6) is 0 Å². The molecule has 1 amide bonds. The first-order valence-corrected chi connectivity index (χ1v) is 9.23. The van der Waals surface area contributed by atoms with Crippen LogP contribution in [0.2, 0.25) is 5.02 Å². The second kappa shape index (κ2) is 8.77. The van der Waals surface area contributed by atoms with Gasteiger partial charge in [0.15, 0.2) is 0 Å². The van der Waals surface area contributed by atoms with Crippen LogP contribution in [-0.2, 0) is 4.79 Å². The third kappa shape index (κ3) is 5.40.